The van der Waals surface area contributed by atoms with Gasteiger partial charge in [-0.2, -0.15) is 5.26 Å². The Bertz CT molecular complexity index is 648. The molecule has 20 heavy (non-hydrogen) atoms. The second-order valence-electron chi connectivity index (χ2n) is 5.05. The molecule has 0 aliphatic carbocycles. The van der Waals surface area contributed by atoms with Crippen LogP contribution >= 0.6 is 0 Å². The van der Waals surface area contributed by atoms with E-state index >= 15 is 0 Å². The topological polar surface area (TPSA) is 73.4 Å². The summed E-state index contributed by atoms with van der Waals surface area (Å²) in [6, 6.07) is 9.83. The molecule has 2 atom stereocenters. The van der Waals surface area contributed by atoms with Gasteiger partial charge in [0.15, 0.2) is 0 Å². The van der Waals surface area contributed by atoms with Crippen molar-refractivity contribution in [3.05, 3.63) is 46.7 Å². The van der Waals surface area contributed by atoms with Crippen molar-refractivity contribution < 1.29 is 9.90 Å². The number of aryl methyl sites for hydroxylation is 1. The lowest BCUT2D eigenvalue weighted by Gasteiger charge is -2.28. The van der Waals surface area contributed by atoms with E-state index in [4.69, 9.17) is 0 Å². The molecule has 2 rings (SSSR count). The molecule has 1 heterocycles. The molecule has 0 radical (unpaired) electrons. The minimum absolute atomic E-state index is 0.214. The van der Waals surface area contributed by atoms with Crippen LogP contribution in [0.15, 0.2) is 40.5 Å². The number of hydrogen-bond acceptors (Lipinski definition) is 3. The lowest BCUT2D eigenvalue weighted by atomic mass is 9.76. The molecule has 0 bridgehead atoms. The zero-order valence-corrected chi connectivity index (χ0v) is 11.7. The summed E-state index contributed by atoms with van der Waals surface area (Å²) in [5.41, 5.74) is 3.30. The van der Waals surface area contributed by atoms with Gasteiger partial charge in [-0.05, 0) is 26.3 Å². The molecule has 1 aromatic carbocycles. The minimum atomic E-state index is -1.01. The predicted molar refractivity (Wildman–Crippen MR) is 76.5 cm³/mol. The number of carboxylic acids is 1. The quantitative estimate of drug-likeness (QED) is 0.895. The molecule has 0 saturated carbocycles. The standard InChI is InChI=1S/C16H16N2O2/c1-9-4-6-12(7-5-9)15-13(8-17)10(2)18-11(3)14(15)16(19)20/h4-7,13,15H,1-3H3,(H,19,20). The highest BCUT2D eigenvalue weighted by Crippen LogP contribution is 2.38. The normalized spacial score (nSPS) is 22.2. The molecular weight excluding hydrogens is 252 g/mol. The van der Waals surface area contributed by atoms with Gasteiger partial charge in [0.2, 0.25) is 0 Å². The second-order valence-corrected chi connectivity index (χ2v) is 5.05. The van der Waals surface area contributed by atoms with Crippen LogP contribution < -0.4 is 0 Å². The molecule has 4 nitrogen and oxygen atoms in total. The highest BCUT2D eigenvalue weighted by molar-refractivity contribution is 5.97. The number of hydrogen-bond donors (Lipinski definition) is 1. The van der Waals surface area contributed by atoms with Crippen LogP contribution in [0.3, 0.4) is 0 Å². The van der Waals surface area contributed by atoms with Crippen molar-refractivity contribution in [3.8, 4) is 6.07 Å². The predicted octanol–water partition coefficient (Wildman–Crippen LogP) is 3.05. The number of aliphatic imine (C=N–C) groups is 1. The number of rotatable bonds is 2. The first kappa shape index (κ1) is 14.0. The molecular formula is C16H16N2O2. The summed E-state index contributed by atoms with van der Waals surface area (Å²) in [5.74, 6) is -2.01. The first-order chi connectivity index (χ1) is 9.45. The fourth-order valence-electron chi connectivity index (χ4n) is 2.62. The number of aliphatic carboxylic acids is 1. The van der Waals surface area contributed by atoms with Crippen LogP contribution in [-0.4, -0.2) is 16.8 Å². The van der Waals surface area contributed by atoms with Crippen molar-refractivity contribution in [3.63, 3.8) is 0 Å². The van der Waals surface area contributed by atoms with E-state index in [1.807, 2.05) is 31.2 Å². The van der Waals surface area contributed by atoms with Gasteiger partial charge in [0.05, 0.1) is 17.6 Å². The summed E-state index contributed by atoms with van der Waals surface area (Å²) in [7, 11) is 0. The molecule has 102 valence electrons. The van der Waals surface area contributed by atoms with Gasteiger partial charge < -0.3 is 5.11 Å². The maximum Gasteiger partial charge on any atom is 0.334 e. The summed E-state index contributed by atoms with van der Waals surface area (Å²) >= 11 is 0. The van der Waals surface area contributed by atoms with Crippen molar-refractivity contribution in [2.75, 3.05) is 0 Å². The third-order valence-electron chi connectivity index (χ3n) is 3.63. The van der Waals surface area contributed by atoms with E-state index in [1.54, 1.807) is 13.8 Å². The Morgan fingerprint density at radius 3 is 2.35 bits per heavy atom. The zero-order chi connectivity index (χ0) is 14.9. The van der Waals surface area contributed by atoms with Crippen LogP contribution in [0.2, 0.25) is 0 Å². The average Bonchev–Trinajstić information content (AvgIpc) is 2.38. The van der Waals surface area contributed by atoms with Gasteiger partial charge in [-0.1, -0.05) is 29.8 Å². The highest BCUT2D eigenvalue weighted by atomic mass is 16.4. The number of benzene rings is 1. The number of nitriles is 1. The van der Waals surface area contributed by atoms with Crippen LogP contribution in [0.1, 0.15) is 30.9 Å². The molecule has 0 saturated heterocycles. The molecule has 2 unspecified atom stereocenters. The monoisotopic (exact) mass is 268 g/mol. The minimum Gasteiger partial charge on any atom is -0.478 e. The lowest BCUT2D eigenvalue weighted by molar-refractivity contribution is -0.133. The number of carbonyl (C=O) groups is 1. The average molecular weight is 268 g/mol. The van der Waals surface area contributed by atoms with Gasteiger partial charge in [0, 0.05) is 17.3 Å². The number of allylic oxidation sites excluding steroid dienone is 1. The van der Waals surface area contributed by atoms with E-state index in [-0.39, 0.29) is 5.57 Å². The van der Waals surface area contributed by atoms with Gasteiger partial charge in [-0.15, -0.1) is 0 Å². The van der Waals surface area contributed by atoms with Crippen LogP contribution in [0.4, 0.5) is 0 Å². The molecule has 0 spiro atoms. The van der Waals surface area contributed by atoms with E-state index in [0.29, 0.717) is 11.4 Å². The van der Waals surface area contributed by atoms with Crippen molar-refractivity contribution in [2.24, 2.45) is 10.9 Å². The number of carboxylic acid groups (broad SMARTS) is 1. The zero-order valence-electron chi connectivity index (χ0n) is 11.7. The van der Waals surface area contributed by atoms with Crippen LogP contribution in [0.25, 0.3) is 0 Å². The van der Waals surface area contributed by atoms with Gasteiger partial charge >= 0.3 is 5.97 Å². The SMILES string of the molecule is CC1=NC(C)=C(C(=O)O)C(c2ccc(C)cc2)C1C#N. The third-order valence-corrected chi connectivity index (χ3v) is 3.63. The molecule has 1 aliphatic heterocycles. The maximum absolute atomic E-state index is 11.5. The smallest absolute Gasteiger partial charge is 0.334 e. The van der Waals surface area contributed by atoms with Crippen LogP contribution in [0.5, 0.6) is 0 Å². The Kier molecular flexibility index (Phi) is 3.71. The van der Waals surface area contributed by atoms with Crippen molar-refractivity contribution in [1.82, 2.24) is 0 Å². The van der Waals surface area contributed by atoms with E-state index in [0.717, 1.165) is 11.1 Å². The fourth-order valence-corrected chi connectivity index (χ4v) is 2.62. The van der Waals surface area contributed by atoms with Crippen LogP contribution in [-0.2, 0) is 4.79 Å². The summed E-state index contributed by atoms with van der Waals surface area (Å²) in [5, 5.41) is 18.8. The molecule has 1 aromatic rings. The summed E-state index contributed by atoms with van der Waals surface area (Å²) in [4.78, 5) is 15.8. The first-order valence-corrected chi connectivity index (χ1v) is 6.41. The van der Waals surface area contributed by atoms with Crippen molar-refractivity contribution in [2.45, 2.75) is 26.7 Å². The van der Waals surface area contributed by atoms with E-state index in [1.165, 1.54) is 0 Å². The molecule has 0 fully saturated rings. The fraction of sp³-hybridized carbons (Fsp3) is 0.312. The molecule has 1 aliphatic rings. The highest BCUT2D eigenvalue weighted by Gasteiger charge is 2.36. The number of nitrogens with zero attached hydrogens (tertiary/aromatic N) is 2. The van der Waals surface area contributed by atoms with Crippen molar-refractivity contribution in [1.29, 1.82) is 5.26 Å². The Morgan fingerprint density at radius 1 is 1.25 bits per heavy atom. The Hall–Kier alpha value is -2.41. The third kappa shape index (κ3) is 2.35. The van der Waals surface area contributed by atoms with Gasteiger partial charge in [-0.3, -0.25) is 4.99 Å². The lowest BCUT2D eigenvalue weighted by Crippen LogP contribution is -2.28. The molecule has 4 heteroatoms. The summed E-state index contributed by atoms with van der Waals surface area (Å²) in [6.45, 7) is 5.43. The van der Waals surface area contributed by atoms with E-state index in [2.05, 4.69) is 11.1 Å². The Balaban J connectivity index is 2.62. The molecule has 1 N–H and O–H groups in total. The van der Waals surface area contributed by atoms with Gasteiger partial charge in [0.1, 0.15) is 0 Å². The largest absolute Gasteiger partial charge is 0.478 e. The second kappa shape index (κ2) is 5.30. The van der Waals surface area contributed by atoms with Gasteiger partial charge in [-0.25, -0.2) is 4.79 Å². The summed E-state index contributed by atoms with van der Waals surface area (Å²) < 4.78 is 0. The Morgan fingerprint density at radius 2 is 1.85 bits per heavy atom. The van der Waals surface area contributed by atoms with E-state index in [9.17, 15) is 15.2 Å². The molecule has 0 aromatic heterocycles. The maximum atomic E-state index is 11.5. The summed E-state index contributed by atoms with van der Waals surface area (Å²) in [6.07, 6.45) is 0. The van der Waals surface area contributed by atoms with Crippen LogP contribution in [0, 0.1) is 24.2 Å². The van der Waals surface area contributed by atoms with Crippen molar-refractivity contribution >= 4 is 11.7 Å². The Labute approximate surface area is 118 Å². The van der Waals surface area contributed by atoms with E-state index < -0.39 is 17.8 Å². The first-order valence-electron chi connectivity index (χ1n) is 6.41. The van der Waals surface area contributed by atoms with Gasteiger partial charge in [0.25, 0.3) is 0 Å². The molecule has 0 amide bonds.